The Balaban J connectivity index is 1.40. The van der Waals surface area contributed by atoms with Crippen molar-refractivity contribution in [3.63, 3.8) is 0 Å². The molecule has 3 heterocycles. The van der Waals surface area contributed by atoms with E-state index in [-0.39, 0.29) is 72.1 Å². The molecule has 4 atom stereocenters. The van der Waals surface area contributed by atoms with Gasteiger partial charge in [-0.1, -0.05) is 12.1 Å². The lowest BCUT2D eigenvalue weighted by Gasteiger charge is -2.35. The van der Waals surface area contributed by atoms with E-state index in [1.54, 1.807) is 38.2 Å². The van der Waals surface area contributed by atoms with Gasteiger partial charge in [0.05, 0.1) is 30.4 Å². The first-order valence-electron chi connectivity index (χ1n) is 17.0. The fourth-order valence-electron chi connectivity index (χ4n) is 6.06. The summed E-state index contributed by atoms with van der Waals surface area (Å²) in [5.41, 5.74) is 1.02. The summed E-state index contributed by atoms with van der Waals surface area (Å²) in [4.78, 5) is 30.7. The van der Waals surface area contributed by atoms with Crippen molar-refractivity contribution >= 4 is 33.3 Å². The average Bonchev–Trinajstić information content (AvgIpc) is 3.70. The molecule has 0 saturated heterocycles. The molecule has 51 heavy (non-hydrogen) atoms. The summed E-state index contributed by atoms with van der Waals surface area (Å²) in [6.45, 7) is 9.21. The second-order valence-corrected chi connectivity index (χ2v) is 14.8. The van der Waals surface area contributed by atoms with Gasteiger partial charge < -0.3 is 43.7 Å². The molecule has 2 aliphatic heterocycles. The van der Waals surface area contributed by atoms with Crippen LogP contribution in [0.5, 0.6) is 17.2 Å². The number of benzene rings is 2. The summed E-state index contributed by atoms with van der Waals surface area (Å²) >= 11 is 0. The Morgan fingerprint density at radius 1 is 1.08 bits per heavy atom. The first kappa shape index (κ1) is 37.7. The number of rotatable bonds is 8. The van der Waals surface area contributed by atoms with Gasteiger partial charge in [-0.05, 0) is 77.3 Å². The summed E-state index contributed by atoms with van der Waals surface area (Å²) < 4.78 is 57.7. The molecule has 2 aromatic carbocycles. The van der Waals surface area contributed by atoms with E-state index in [0.29, 0.717) is 36.0 Å². The second kappa shape index (κ2) is 16.2. The monoisotopic (exact) mass is 729 g/mol. The number of fused-ring (bicyclic) bond motifs is 2. The molecule has 0 bridgehead atoms. The molecule has 3 aromatic rings. The molecule has 5 rings (SSSR count). The predicted molar refractivity (Wildman–Crippen MR) is 188 cm³/mol. The number of aliphatic hydroxyl groups is 1. The van der Waals surface area contributed by atoms with Crippen molar-refractivity contribution in [3.8, 4) is 17.2 Å². The summed E-state index contributed by atoms with van der Waals surface area (Å²) in [5, 5.41) is 16.9. The van der Waals surface area contributed by atoms with Crippen molar-refractivity contribution in [1.82, 2.24) is 15.0 Å². The number of nitrogens with zero attached hydrogens (tertiary/aromatic N) is 3. The average molecular weight is 730 g/mol. The number of aliphatic hydroxyl groups excluding tert-OH is 1. The molecule has 0 aliphatic carbocycles. The van der Waals surface area contributed by atoms with Crippen LogP contribution in [0.4, 0.5) is 16.2 Å². The lowest BCUT2D eigenvalue weighted by molar-refractivity contribution is -0.0115. The summed E-state index contributed by atoms with van der Waals surface area (Å²) in [7, 11) is -2.43. The van der Waals surface area contributed by atoms with E-state index in [2.05, 4.69) is 15.2 Å². The lowest BCUT2D eigenvalue weighted by Crippen LogP contribution is -2.48. The van der Waals surface area contributed by atoms with Crippen LogP contribution < -0.4 is 24.2 Å². The van der Waals surface area contributed by atoms with E-state index in [1.807, 2.05) is 13.8 Å². The highest BCUT2D eigenvalue weighted by Gasteiger charge is 2.32. The quantitative estimate of drug-likeness (QED) is 0.290. The van der Waals surface area contributed by atoms with Crippen LogP contribution in [0.3, 0.4) is 0 Å². The number of anilines is 2. The fourth-order valence-corrected chi connectivity index (χ4v) is 7.44. The minimum absolute atomic E-state index is 0.0799. The molecule has 3 N–H and O–H groups in total. The number of urea groups is 1. The van der Waals surface area contributed by atoms with Crippen molar-refractivity contribution < 1.29 is 46.6 Å². The molecule has 278 valence electrons. The summed E-state index contributed by atoms with van der Waals surface area (Å²) in [5.74, 6) is 0.826. The molecular weight excluding hydrogens is 682 g/mol. The summed E-state index contributed by atoms with van der Waals surface area (Å²) in [6.07, 6.45) is 1.47. The van der Waals surface area contributed by atoms with Crippen LogP contribution in [-0.2, 0) is 14.8 Å². The van der Waals surface area contributed by atoms with Gasteiger partial charge in [0.25, 0.3) is 15.9 Å². The topological polar surface area (TPSA) is 182 Å². The van der Waals surface area contributed by atoms with Gasteiger partial charge in [-0.15, -0.1) is 0 Å². The molecule has 0 radical (unpaired) electrons. The molecular formula is C35H47N5O10S. The fraction of sp³-hybridized carbons (Fsp3) is 0.514. The number of ether oxygens (including phenoxy) is 4. The third-order valence-corrected chi connectivity index (χ3v) is 10.6. The molecule has 2 aliphatic rings. The molecule has 16 heteroatoms. The number of carbonyl (C=O) groups is 2. The molecule has 0 saturated carbocycles. The van der Waals surface area contributed by atoms with Gasteiger partial charge in [0.1, 0.15) is 11.4 Å². The van der Waals surface area contributed by atoms with Crippen LogP contribution in [0.15, 0.2) is 45.8 Å². The first-order chi connectivity index (χ1) is 24.3. The first-order valence-corrected chi connectivity index (χ1v) is 18.5. The number of amides is 3. The Morgan fingerprint density at radius 3 is 2.53 bits per heavy atom. The Bertz CT molecular complexity index is 1800. The zero-order valence-corrected chi connectivity index (χ0v) is 30.6. The van der Waals surface area contributed by atoms with E-state index in [0.717, 1.165) is 12.8 Å². The maximum atomic E-state index is 14.4. The van der Waals surface area contributed by atoms with Crippen molar-refractivity contribution in [3.05, 3.63) is 53.4 Å². The van der Waals surface area contributed by atoms with Crippen LogP contribution in [0.2, 0.25) is 0 Å². The van der Waals surface area contributed by atoms with Gasteiger partial charge in [0, 0.05) is 50.1 Å². The van der Waals surface area contributed by atoms with Crippen molar-refractivity contribution in [2.75, 3.05) is 50.2 Å². The van der Waals surface area contributed by atoms with E-state index in [1.165, 1.54) is 35.8 Å². The zero-order valence-electron chi connectivity index (χ0n) is 29.8. The van der Waals surface area contributed by atoms with Gasteiger partial charge in [-0.3, -0.25) is 9.52 Å². The maximum Gasteiger partial charge on any atom is 0.321 e. The molecule has 0 fully saturated rings. The van der Waals surface area contributed by atoms with Gasteiger partial charge in [0.15, 0.2) is 22.2 Å². The third-order valence-electron chi connectivity index (χ3n) is 8.96. The number of aryl methyl sites for hydroxylation is 2. The number of aromatic nitrogens is 1. The number of hydrogen-bond donors (Lipinski definition) is 3. The Morgan fingerprint density at radius 2 is 1.80 bits per heavy atom. The second-order valence-electron chi connectivity index (χ2n) is 13.1. The Hall–Kier alpha value is -4.54. The van der Waals surface area contributed by atoms with Gasteiger partial charge in [-0.2, -0.15) is 0 Å². The van der Waals surface area contributed by atoms with E-state index in [9.17, 15) is 23.1 Å². The molecule has 0 spiro atoms. The van der Waals surface area contributed by atoms with Crippen LogP contribution in [-0.4, -0.2) is 98.8 Å². The molecule has 3 amide bonds. The van der Waals surface area contributed by atoms with Crippen LogP contribution >= 0.6 is 0 Å². The minimum atomic E-state index is -4.10. The van der Waals surface area contributed by atoms with Crippen molar-refractivity contribution in [2.24, 2.45) is 5.92 Å². The zero-order chi connectivity index (χ0) is 36.9. The highest BCUT2D eigenvalue weighted by molar-refractivity contribution is 7.92. The number of carbonyl (C=O) groups excluding carboxylic acids is 2. The van der Waals surface area contributed by atoms with Crippen molar-refractivity contribution in [2.45, 2.75) is 77.0 Å². The summed E-state index contributed by atoms with van der Waals surface area (Å²) in [6, 6.07) is 8.74. The molecule has 15 nitrogen and oxygen atoms in total. The van der Waals surface area contributed by atoms with Gasteiger partial charge in [-0.25, -0.2) is 13.2 Å². The van der Waals surface area contributed by atoms with E-state index < -0.39 is 28.1 Å². The third kappa shape index (κ3) is 9.04. The minimum Gasteiger partial charge on any atom is -0.490 e. The van der Waals surface area contributed by atoms with E-state index >= 15 is 0 Å². The standard InChI is InChI=1S/C35H47N5O10S/c1-21-17-40(22(2)19-41)34(42)28-15-27(38-51(44,45)33-24(4)37-50-25(33)5)11-12-29(28)49-23(3)9-7-8-14-46-32(21)18-39(6)35(43)36-26-10-13-30-31(16-26)48-20-47-30/h10-13,15-16,21-23,32,38,41H,7-9,14,17-20H2,1-6H3,(H,36,43)/t21-,22+,23-,32+/m0/s1. The lowest BCUT2D eigenvalue weighted by atomic mass is 10.0. The number of sulfonamides is 1. The van der Waals surface area contributed by atoms with Gasteiger partial charge >= 0.3 is 6.03 Å². The largest absolute Gasteiger partial charge is 0.490 e. The number of likely N-dealkylation sites (N-methyl/N-ethyl adjacent to an activating group) is 1. The maximum absolute atomic E-state index is 14.4. The Kier molecular flexibility index (Phi) is 12.0. The van der Waals surface area contributed by atoms with E-state index in [4.69, 9.17) is 23.5 Å². The Labute approximate surface area is 298 Å². The normalized spacial score (nSPS) is 20.5. The smallest absolute Gasteiger partial charge is 0.321 e. The predicted octanol–water partition coefficient (Wildman–Crippen LogP) is 4.78. The van der Waals surface area contributed by atoms with Crippen molar-refractivity contribution in [1.29, 1.82) is 0 Å². The van der Waals surface area contributed by atoms with Crippen LogP contribution in [0.25, 0.3) is 0 Å². The van der Waals surface area contributed by atoms with Gasteiger partial charge in [0.2, 0.25) is 6.79 Å². The SMILES string of the molecule is Cc1noc(C)c1S(=O)(=O)Nc1ccc2c(c1)C(=O)N([C@H](C)CO)C[C@H](C)[C@@H](CN(C)C(=O)Nc1ccc3c(c1)OCO3)OCCCC[C@H](C)O2. The van der Waals surface area contributed by atoms with Crippen LogP contribution in [0, 0.1) is 19.8 Å². The highest BCUT2D eigenvalue weighted by Crippen LogP contribution is 2.34. The van der Waals surface area contributed by atoms with Crippen LogP contribution in [0.1, 0.15) is 61.8 Å². The number of hydrogen-bond acceptors (Lipinski definition) is 11. The number of nitrogens with one attached hydrogen (secondary N) is 2. The molecule has 1 aromatic heterocycles. The highest BCUT2D eigenvalue weighted by atomic mass is 32.2. The molecule has 0 unspecified atom stereocenters.